The third kappa shape index (κ3) is 3.10. The fourth-order valence-corrected chi connectivity index (χ4v) is 2.96. The lowest BCUT2D eigenvalue weighted by Gasteiger charge is -2.27. The molecule has 0 bridgehead atoms. The van der Waals surface area contributed by atoms with Crippen LogP contribution in [0.4, 0.5) is 0 Å². The van der Waals surface area contributed by atoms with Gasteiger partial charge in [-0.15, -0.1) is 0 Å². The second-order valence-corrected chi connectivity index (χ2v) is 5.87. The number of H-pyrrole nitrogens is 1. The molecular weight excluding hydrogens is 311 g/mol. The SMILES string of the molecule is Cc1nc2c(c(=O)[nH]1)CCN(Cc1ccc(Cl)nc1Cl)C2. The zero-order valence-electron chi connectivity index (χ0n) is 11.5. The Morgan fingerprint density at radius 2 is 2.14 bits per heavy atom. The third-order valence-electron chi connectivity index (χ3n) is 3.56. The highest BCUT2D eigenvalue weighted by Gasteiger charge is 2.21. The van der Waals surface area contributed by atoms with Gasteiger partial charge in [0.1, 0.15) is 16.1 Å². The van der Waals surface area contributed by atoms with Crippen molar-refractivity contribution < 1.29 is 0 Å². The molecule has 0 fully saturated rings. The topological polar surface area (TPSA) is 61.9 Å². The van der Waals surface area contributed by atoms with Gasteiger partial charge in [-0.25, -0.2) is 9.97 Å². The Bertz CT molecular complexity index is 744. The molecule has 1 aliphatic heterocycles. The number of aromatic amines is 1. The molecule has 0 saturated carbocycles. The molecule has 3 heterocycles. The minimum Gasteiger partial charge on any atom is -0.311 e. The predicted octanol–water partition coefficient (Wildman–Crippen LogP) is 2.34. The summed E-state index contributed by atoms with van der Waals surface area (Å²) in [5, 5.41) is 0.805. The second-order valence-electron chi connectivity index (χ2n) is 5.12. The largest absolute Gasteiger partial charge is 0.311 e. The van der Waals surface area contributed by atoms with Crippen molar-refractivity contribution in [2.45, 2.75) is 26.4 Å². The fraction of sp³-hybridized carbons (Fsp3) is 0.357. The quantitative estimate of drug-likeness (QED) is 0.861. The molecule has 0 unspecified atom stereocenters. The molecule has 0 aliphatic carbocycles. The molecule has 21 heavy (non-hydrogen) atoms. The van der Waals surface area contributed by atoms with E-state index in [1.165, 1.54) is 0 Å². The van der Waals surface area contributed by atoms with Crippen LogP contribution in [0.25, 0.3) is 0 Å². The zero-order valence-corrected chi connectivity index (χ0v) is 13.0. The average molecular weight is 325 g/mol. The molecule has 2 aromatic heterocycles. The first kappa shape index (κ1) is 14.5. The van der Waals surface area contributed by atoms with Crippen molar-refractivity contribution in [1.82, 2.24) is 19.9 Å². The lowest BCUT2D eigenvalue weighted by molar-refractivity contribution is 0.240. The minimum absolute atomic E-state index is 0.0247. The van der Waals surface area contributed by atoms with Gasteiger partial charge in [0.2, 0.25) is 0 Å². The summed E-state index contributed by atoms with van der Waals surface area (Å²) in [6, 6.07) is 3.61. The number of hydrogen-bond acceptors (Lipinski definition) is 4. The third-order valence-corrected chi connectivity index (χ3v) is 4.09. The first-order valence-electron chi connectivity index (χ1n) is 6.65. The molecule has 0 aromatic carbocycles. The van der Waals surface area contributed by atoms with Crippen LogP contribution in [0.1, 0.15) is 22.6 Å². The standard InChI is InChI=1S/C14H14Cl2N4O/c1-8-17-11-7-20(5-4-10(11)14(21)18-8)6-9-2-3-12(15)19-13(9)16/h2-3H,4-7H2,1H3,(H,17,18,21). The van der Waals surface area contributed by atoms with E-state index < -0.39 is 0 Å². The molecule has 110 valence electrons. The number of pyridine rings is 1. The van der Waals surface area contributed by atoms with Crippen molar-refractivity contribution in [1.29, 1.82) is 0 Å². The Balaban J connectivity index is 1.82. The molecule has 0 amide bonds. The number of aryl methyl sites for hydroxylation is 1. The molecule has 1 aliphatic rings. The van der Waals surface area contributed by atoms with Crippen LogP contribution in [0.2, 0.25) is 10.3 Å². The van der Waals surface area contributed by atoms with E-state index >= 15 is 0 Å². The minimum atomic E-state index is -0.0247. The maximum Gasteiger partial charge on any atom is 0.254 e. The second kappa shape index (κ2) is 5.75. The van der Waals surface area contributed by atoms with Gasteiger partial charge in [-0.3, -0.25) is 9.69 Å². The van der Waals surface area contributed by atoms with Crippen molar-refractivity contribution in [3.8, 4) is 0 Å². The zero-order chi connectivity index (χ0) is 15.0. The number of nitrogens with zero attached hydrogens (tertiary/aromatic N) is 3. The van der Waals surface area contributed by atoms with Gasteiger partial charge >= 0.3 is 0 Å². The highest BCUT2D eigenvalue weighted by molar-refractivity contribution is 6.32. The number of aromatic nitrogens is 3. The highest BCUT2D eigenvalue weighted by Crippen LogP contribution is 2.21. The van der Waals surface area contributed by atoms with Gasteiger partial charge in [0.15, 0.2) is 0 Å². The molecular formula is C14H14Cl2N4O. The van der Waals surface area contributed by atoms with E-state index in [0.29, 0.717) is 35.6 Å². The highest BCUT2D eigenvalue weighted by atomic mass is 35.5. The molecule has 7 heteroatoms. The van der Waals surface area contributed by atoms with Gasteiger partial charge in [0, 0.05) is 30.8 Å². The van der Waals surface area contributed by atoms with Crippen molar-refractivity contribution in [3.63, 3.8) is 0 Å². The van der Waals surface area contributed by atoms with Crippen LogP contribution in [0, 0.1) is 6.92 Å². The molecule has 3 rings (SSSR count). The number of rotatable bonds is 2. The van der Waals surface area contributed by atoms with Crippen LogP contribution >= 0.6 is 23.2 Å². The van der Waals surface area contributed by atoms with Gasteiger partial charge in [0.25, 0.3) is 5.56 Å². The van der Waals surface area contributed by atoms with Crippen molar-refractivity contribution in [2.24, 2.45) is 0 Å². The summed E-state index contributed by atoms with van der Waals surface area (Å²) in [5.41, 5.74) is 2.53. The van der Waals surface area contributed by atoms with E-state index in [-0.39, 0.29) is 5.56 Å². The van der Waals surface area contributed by atoms with Gasteiger partial charge < -0.3 is 4.98 Å². The summed E-state index contributed by atoms with van der Waals surface area (Å²) in [4.78, 5) is 25.3. The van der Waals surface area contributed by atoms with Crippen LogP contribution in [-0.4, -0.2) is 26.4 Å². The normalized spacial score (nSPS) is 15.0. The average Bonchev–Trinajstić information content (AvgIpc) is 2.41. The number of hydrogen-bond donors (Lipinski definition) is 1. The van der Waals surface area contributed by atoms with Crippen molar-refractivity contribution in [2.75, 3.05) is 6.54 Å². The summed E-state index contributed by atoms with van der Waals surface area (Å²) >= 11 is 11.9. The summed E-state index contributed by atoms with van der Waals surface area (Å²) in [7, 11) is 0. The molecule has 1 N–H and O–H groups in total. The van der Waals surface area contributed by atoms with Crippen LogP contribution in [0.5, 0.6) is 0 Å². The molecule has 2 aromatic rings. The lowest BCUT2D eigenvalue weighted by atomic mass is 10.1. The van der Waals surface area contributed by atoms with Crippen LogP contribution in [0.15, 0.2) is 16.9 Å². The molecule has 0 saturated heterocycles. The first-order valence-corrected chi connectivity index (χ1v) is 7.40. The van der Waals surface area contributed by atoms with Crippen molar-refractivity contribution >= 4 is 23.2 Å². The van der Waals surface area contributed by atoms with E-state index in [0.717, 1.165) is 23.4 Å². The Hall–Kier alpha value is -1.43. The predicted molar refractivity (Wildman–Crippen MR) is 81.7 cm³/mol. The molecule has 0 spiro atoms. The first-order chi connectivity index (χ1) is 10.0. The van der Waals surface area contributed by atoms with Crippen LogP contribution in [-0.2, 0) is 19.5 Å². The molecule has 0 atom stereocenters. The van der Waals surface area contributed by atoms with Gasteiger partial charge in [-0.2, -0.15) is 0 Å². The number of nitrogens with one attached hydrogen (secondary N) is 1. The smallest absolute Gasteiger partial charge is 0.254 e. The van der Waals surface area contributed by atoms with Gasteiger partial charge in [0.05, 0.1) is 5.69 Å². The lowest BCUT2D eigenvalue weighted by Crippen LogP contribution is -2.35. The number of halogens is 2. The van der Waals surface area contributed by atoms with Crippen LogP contribution in [0.3, 0.4) is 0 Å². The van der Waals surface area contributed by atoms with Gasteiger partial charge in [-0.1, -0.05) is 29.3 Å². The molecule has 5 nitrogen and oxygen atoms in total. The molecule has 0 radical (unpaired) electrons. The van der Waals surface area contributed by atoms with E-state index in [4.69, 9.17) is 23.2 Å². The van der Waals surface area contributed by atoms with Crippen LogP contribution < -0.4 is 5.56 Å². The monoisotopic (exact) mass is 324 g/mol. The van der Waals surface area contributed by atoms with E-state index in [1.54, 1.807) is 13.0 Å². The summed E-state index contributed by atoms with van der Waals surface area (Å²) in [6.07, 6.45) is 0.691. The Labute approximate surface area is 131 Å². The van der Waals surface area contributed by atoms with E-state index in [9.17, 15) is 4.79 Å². The summed E-state index contributed by atoms with van der Waals surface area (Å²) in [5.74, 6) is 0.645. The van der Waals surface area contributed by atoms with Gasteiger partial charge in [-0.05, 0) is 19.4 Å². The van der Waals surface area contributed by atoms with E-state index in [1.807, 2.05) is 6.07 Å². The number of fused-ring (bicyclic) bond motifs is 1. The maximum atomic E-state index is 11.9. The summed E-state index contributed by atoms with van der Waals surface area (Å²) < 4.78 is 0. The summed E-state index contributed by atoms with van der Waals surface area (Å²) in [6.45, 7) is 3.88. The van der Waals surface area contributed by atoms with E-state index in [2.05, 4.69) is 19.9 Å². The van der Waals surface area contributed by atoms with Crippen molar-refractivity contribution in [3.05, 3.63) is 55.4 Å². The Morgan fingerprint density at radius 3 is 2.90 bits per heavy atom. The maximum absolute atomic E-state index is 11.9. The Morgan fingerprint density at radius 1 is 1.33 bits per heavy atom. The fourth-order valence-electron chi connectivity index (χ4n) is 2.55. The Kier molecular flexibility index (Phi) is 3.97.